The normalized spacial score (nSPS) is 10.4. The molecule has 3 aromatic rings. The maximum absolute atomic E-state index is 12.1. The molecule has 27 heavy (non-hydrogen) atoms. The van der Waals surface area contributed by atoms with Crippen molar-refractivity contribution in [3.8, 4) is 11.3 Å². The first-order valence-corrected chi connectivity index (χ1v) is 10.2. The van der Waals surface area contributed by atoms with Crippen LogP contribution in [0.2, 0.25) is 0 Å². The molecule has 2 aromatic carbocycles. The van der Waals surface area contributed by atoms with Gasteiger partial charge in [-0.1, -0.05) is 42.5 Å². The van der Waals surface area contributed by atoms with Crippen molar-refractivity contribution in [3.63, 3.8) is 0 Å². The van der Waals surface area contributed by atoms with Gasteiger partial charge in [0.15, 0.2) is 5.13 Å². The Labute approximate surface area is 166 Å². The van der Waals surface area contributed by atoms with E-state index in [0.717, 1.165) is 21.7 Å². The highest BCUT2D eigenvalue weighted by molar-refractivity contribution is 8.00. The highest BCUT2D eigenvalue weighted by Gasteiger charge is 2.09. The summed E-state index contributed by atoms with van der Waals surface area (Å²) in [5.74, 6) is 0.219. The Hall–Kier alpha value is -2.64. The Balaban J connectivity index is 1.54. The van der Waals surface area contributed by atoms with Gasteiger partial charge >= 0.3 is 0 Å². The van der Waals surface area contributed by atoms with Crippen molar-refractivity contribution in [2.45, 2.75) is 18.4 Å². The summed E-state index contributed by atoms with van der Waals surface area (Å²) in [5.41, 5.74) is 2.81. The molecule has 0 saturated carbocycles. The number of nitrogens with zero attached hydrogens (tertiary/aromatic N) is 1. The molecule has 2 N–H and O–H groups in total. The molecule has 1 heterocycles. The van der Waals surface area contributed by atoms with E-state index in [1.165, 1.54) is 30.0 Å². The fraction of sp³-hybridized carbons (Fsp3) is 0.150. The summed E-state index contributed by atoms with van der Waals surface area (Å²) in [4.78, 5) is 28.6. The lowest BCUT2D eigenvalue weighted by Gasteiger charge is -2.04. The fourth-order valence-electron chi connectivity index (χ4n) is 2.30. The fourth-order valence-corrected chi connectivity index (χ4v) is 3.76. The van der Waals surface area contributed by atoms with E-state index in [9.17, 15) is 9.59 Å². The van der Waals surface area contributed by atoms with Crippen LogP contribution in [0.5, 0.6) is 0 Å². The number of nitrogens with one attached hydrogen (secondary N) is 2. The largest absolute Gasteiger partial charge is 0.352 e. The zero-order valence-corrected chi connectivity index (χ0v) is 16.4. The van der Waals surface area contributed by atoms with Crippen molar-refractivity contribution in [1.29, 1.82) is 0 Å². The molecule has 0 radical (unpaired) electrons. The van der Waals surface area contributed by atoms with E-state index in [0.29, 0.717) is 17.4 Å². The zero-order valence-electron chi connectivity index (χ0n) is 14.8. The van der Waals surface area contributed by atoms with E-state index in [1.807, 2.05) is 60.0 Å². The van der Waals surface area contributed by atoms with E-state index in [-0.39, 0.29) is 11.8 Å². The van der Waals surface area contributed by atoms with Gasteiger partial charge in [0.25, 0.3) is 0 Å². The molecule has 0 aliphatic carbocycles. The summed E-state index contributed by atoms with van der Waals surface area (Å²) in [6, 6.07) is 17.7. The quantitative estimate of drug-likeness (QED) is 0.587. The van der Waals surface area contributed by atoms with Crippen LogP contribution in [0.25, 0.3) is 11.3 Å². The molecule has 0 unspecified atom stereocenters. The second kappa shape index (κ2) is 9.34. The van der Waals surface area contributed by atoms with Crippen LogP contribution >= 0.6 is 23.1 Å². The minimum atomic E-state index is -0.0737. The SMILES string of the molecule is CC(=O)NCc1ccc(-c2csc(NC(=O)CSc3ccccc3)n2)cc1. The summed E-state index contributed by atoms with van der Waals surface area (Å²) in [7, 11) is 0. The van der Waals surface area contributed by atoms with E-state index in [4.69, 9.17) is 0 Å². The Morgan fingerprint density at radius 1 is 1.07 bits per heavy atom. The van der Waals surface area contributed by atoms with Crippen molar-refractivity contribution < 1.29 is 9.59 Å². The molecular formula is C20H19N3O2S2. The van der Waals surface area contributed by atoms with Gasteiger partial charge in [-0.05, 0) is 17.7 Å². The van der Waals surface area contributed by atoms with Gasteiger partial charge in [-0.25, -0.2) is 4.98 Å². The summed E-state index contributed by atoms with van der Waals surface area (Å²) in [5, 5.41) is 8.12. The Morgan fingerprint density at radius 2 is 1.81 bits per heavy atom. The van der Waals surface area contributed by atoms with Crippen LogP contribution in [-0.2, 0) is 16.1 Å². The van der Waals surface area contributed by atoms with E-state index in [1.54, 1.807) is 0 Å². The molecule has 138 valence electrons. The lowest BCUT2D eigenvalue weighted by molar-refractivity contribution is -0.119. The lowest BCUT2D eigenvalue weighted by atomic mass is 10.1. The van der Waals surface area contributed by atoms with Gasteiger partial charge in [0.2, 0.25) is 11.8 Å². The van der Waals surface area contributed by atoms with Crippen LogP contribution in [0.4, 0.5) is 5.13 Å². The van der Waals surface area contributed by atoms with Crippen LogP contribution in [0.15, 0.2) is 64.9 Å². The molecule has 0 fully saturated rings. The van der Waals surface area contributed by atoms with Crippen LogP contribution in [0, 0.1) is 0 Å². The van der Waals surface area contributed by atoms with Crippen molar-refractivity contribution in [2.75, 3.05) is 11.1 Å². The molecule has 5 nitrogen and oxygen atoms in total. The Bertz CT molecular complexity index is 908. The summed E-state index contributed by atoms with van der Waals surface area (Å²) < 4.78 is 0. The average Bonchev–Trinajstić information content (AvgIpc) is 3.14. The topological polar surface area (TPSA) is 71.1 Å². The van der Waals surface area contributed by atoms with Crippen molar-refractivity contribution in [1.82, 2.24) is 10.3 Å². The van der Waals surface area contributed by atoms with Crippen LogP contribution < -0.4 is 10.6 Å². The molecule has 0 saturated heterocycles. The van der Waals surface area contributed by atoms with E-state index in [2.05, 4.69) is 15.6 Å². The summed E-state index contributed by atoms with van der Waals surface area (Å²) >= 11 is 2.90. The molecule has 0 atom stereocenters. The van der Waals surface area contributed by atoms with Crippen LogP contribution in [0.1, 0.15) is 12.5 Å². The lowest BCUT2D eigenvalue weighted by Crippen LogP contribution is -2.18. The first-order chi connectivity index (χ1) is 13.1. The molecular weight excluding hydrogens is 378 g/mol. The Morgan fingerprint density at radius 3 is 2.52 bits per heavy atom. The second-order valence-corrected chi connectivity index (χ2v) is 7.70. The number of carbonyl (C=O) groups is 2. The van der Waals surface area contributed by atoms with E-state index >= 15 is 0 Å². The monoisotopic (exact) mass is 397 g/mol. The predicted molar refractivity (Wildman–Crippen MR) is 111 cm³/mol. The van der Waals surface area contributed by atoms with Crippen LogP contribution in [-0.4, -0.2) is 22.6 Å². The molecule has 0 aliphatic rings. The standard InChI is InChI=1S/C20H19N3O2S2/c1-14(24)21-11-15-7-9-16(10-8-15)18-12-27-20(22-18)23-19(25)13-26-17-5-3-2-4-6-17/h2-10,12H,11,13H2,1H3,(H,21,24)(H,22,23,25). The van der Waals surface area contributed by atoms with Crippen molar-refractivity contribution in [2.24, 2.45) is 0 Å². The third-order valence-corrected chi connectivity index (χ3v) is 5.42. The maximum atomic E-state index is 12.1. The second-order valence-electron chi connectivity index (χ2n) is 5.79. The van der Waals surface area contributed by atoms with E-state index < -0.39 is 0 Å². The third kappa shape index (κ3) is 5.94. The average molecular weight is 398 g/mol. The molecule has 3 rings (SSSR count). The van der Waals surface area contributed by atoms with Gasteiger partial charge in [-0.3, -0.25) is 9.59 Å². The van der Waals surface area contributed by atoms with Gasteiger partial charge in [0, 0.05) is 29.3 Å². The predicted octanol–water partition coefficient (Wildman–Crippen LogP) is 4.18. The summed E-state index contributed by atoms with van der Waals surface area (Å²) in [6.07, 6.45) is 0. The first-order valence-electron chi connectivity index (χ1n) is 8.37. The first kappa shape index (κ1) is 19.1. The van der Waals surface area contributed by atoms with Gasteiger partial charge in [-0.2, -0.15) is 0 Å². The number of amides is 2. The molecule has 0 bridgehead atoms. The Kier molecular flexibility index (Phi) is 6.62. The van der Waals surface area contributed by atoms with Gasteiger partial charge in [0.1, 0.15) is 0 Å². The number of anilines is 1. The number of aromatic nitrogens is 1. The van der Waals surface area contributed by atoms with Gasteiger partial charge in [0.05, 0.1) is 11.4 Å². The number of carbonyl (C=O) groups excluding carboxylic acids is 2. The number of benzene rings is 2. The third-order valence-electron chi connectivity index (χ3n) is 3.65. The molecule has 1 aromatic heterocycles. The maximum Gasteiger partial charge on any atom is 0.236 e. The molecule has 0 spiro atoms. The summed E-state index contributed by atoms with van der Waals surface area (Å²) in [6.45, 7) is 2.00. The van der Waals surface area contributed by atoms with Gasteiger partial charge < -0.3 is 10.6 Å². The number of rotatable bonds is 7. The number of hydrogen-bond donors (Lipinski definition) is 2. The highest BCUT2D eigenvalue weighted by atomic mass is 32.2. The molecule has 7 heteroatoms. The van der Waals surface area contributed by atoms with Gasteiger partial charge in [-0.15, -0.1) is 23.1 Å². The number of thiazole rings is 1. The minimum Gasteiger partial charge on any atom is -0.352 e. The van der Waals surface area contributed by atoms with Crippen molar-refractivity contribution in [3.05, 3.63) is 65.5 Å². The van der Waals surface area contributed by atoms with Crippen molar-refractivity contribution >= 4 is 40.0 Å². The minimum absolute atomic E-state index is 0.0515. The number of hydrogen-bond acceptors (Lipinski definition) is 5. The van der Waals surface area contributed by atoms with Crippen LogP contribution in [0.3, 0.4) is 0 Å². The molecule has 2 amide bonds. The zero-order chi connectivity index (χ0) is 19.1. The molecule has 0 aliphatic heterocycles. The highest BCUT2D eigenvalue weighted by Crippen LogP contribution is 2.25. The number of thioether (sulfide) groups is 1. The smallest absolute Gasteiger partial charge is 0.236 e.